The van der Waals surface area contributed by atoms with Crippen LogP contribution in [0, 0.1) is 0 Å². The van der Waals surface area contributed by atoms with Gasteiger partial charge in [0.1, 0.15) is 0 Å². The molecule has 0 saturated heterocycles. The summed E-state index contributed by atoms with van der Waals surface area (Å²) in [6.07, 6.45) is -18.2. The summed E-state index contributed by atoms with van der Waals surface area (Å²) in [5.41, 5.74) is 0. The van der Waals surface area contributed by atoms with E-state index < -0.39 is 241 Å². The molecule has 0 heterocycles. The Labute approximate surface area is 484 Å². The normalized spacial score (nSPS) is 17.8. The molecule has 0 spiro atoms. The lowest BCUT2D eigenvalue weighted by molar-refractivity contribution is -0.425. The third-order valence-electron chi connectivity index (χ3n) is 10.6. The van der Waals surface area contributed by atoms with Gasteiger partial charge in [-0.2, -0.15) is 158 Å². The van der Waals surface area contributed by atoms with Gasteiger partial charge in [-0.15, -0.1) is 0 Å². The number of alkyl halides is 42. The van der Waals surface area contributed by atoms with Gasteiger partial charge < -0.3 is 0 Å². The number of rotatable bonds is 33. The zero-order chi connectivity index (χ0) is 61.8. The molecule has 0 aliphatic carbocycles. The maximum absolute atomic E-state index is 14.6. The van der Waals surface area contributed by atoms with Gasteiger partial charge in [0.05, 0.1) is 0 Å². The minimum Gasteiger partial charge on any atom is -0.200 e. The third-order valence-corrected chi connectivity index (χ3v) is 16.2. The summed E-state index contributed by atoms with van der Waals surface area (Å²) in [7, 11) is 0. The molecule has 76 heavy (non-hydrogen) atoms. The van der Waals surface area contributed by atoms with E-state index in [4.69, 9.17) is 0 Å². The van der Waals surface area contributed by atoms with Crippen LogP contribution >= 0.6 is 136 Å². The highest BCUT2D eigenvalue weighted by Gasteiger charge is 2.92. The van der Waals surface area contributed by atoms with E-state index in [0.29, 0.717) is 45.2 Å². The van der Waals surface area contributed by atoms with Gasteiger partial charge in [0.2, 0.25) is 0 Å². The minimum atomic E-state index is -8.14. The first-order valence-corrected chi connectivity index (χ1v) is 26.6. The van der Waals surface area contributed by atoms with Crippen molar-refractivity contribution in [1.29, 1.82) is 0 Å². The molecule has 0 N–H and O–H groups in total. The summed E-state index contributed by atoms with van der Waals surface area (Å²) in [4.78, 5) is 0. The molecule has 458 valence electrons. The monoisotopic (exact) mass is 1880 g/mol. The van der Waals surface area contributed by atoms with Crippen LogP contribution in [0.25, 0.3) is 0 Å². The van der Waals surface area contributed by atoms with Crippen LogP contribution < -0.4 is 0 Å². The fourth-order valence-electron chi connectivity index (χ4n) is 5.95. The summed E-state index contributed by atoms with van der Waals surface area (Å²) in [6, 6.07) is 0. The second-order valence-corrected chi connectivity index (χ2v) is 26.2. The maximum Gasteiger partial charge on any atom is 0.387 e. The molecule has 0 aromatic rings. The van der Waals surface area contributed by atoms with Gasteiger partial charge >= 0.3 is 103 Å². The molecule has 0 bridgehead atoms. The third kappa shape index (κ3) is 14.6. The van der Waals surface area contributed by atoms with Crippen molar-refractivity contribution in [2.24, 2.45) is 0 Å². The Morgan fingerprint density at radius 1 is 0.197 bits per heavy atom. The second kappa shape index (κ2) is 24.7. The SMILES string of the molecule is FC(F)(I)C(F)(F)C(F)(F)C(F)(F)C(F)(F)C(F)(F)CC(I)CCCCC(I)CC(F)(F)C(F)(F)C(F)(F)C(F)(F)C(F)(F)C(F)(F)CC(I)CCCCC(I)CC(F)(F)C(F)(F)C(F)(F)C(F)(F)C(F)(F)C(F)(F)I. The highest BCUT2D eigenvalue weighted by Crippen LogP contribution is 2.65. The van der Waals surface area contributed by atoms with Gasteiger partial charge in [0.15, 0.2) is 0 Å². The first-order valence-electron chi connectivity index (χ1n) is 19.5. The van der Waals surface area contributed by atoms with Gasteiger partial charge in [-0.1, -0.05) is 116 Å². The summed E-state index contributed by atoms with van der Waals surface area (Å²) in [5, 5.41) is 0. The predicted molar refractivity (Wildman–Crippen MR) is 244 cm³/mol. The van der Waals surface area contributed by atoms with Gasteiger partial charge in [0, 0.05) is 86.6 Å². The smallest absolute Gasteiger partial charge is 0.200 e. The van der Waals surface area contributed by atoms with Gasteiger partial charge in [-0.3, -0.25) is 0 Å². The predicted octanol–water partition coefficient (Wildman–Crippen LogP) is 21.1. The average Bonchev–Trinajstić information content (AvgIpc) is 3.18. The standard InChI is InChI=1S/C34H28F36I6/c35-17(36,9-13(71)5-1-3-7-15(73)11-19(39,40)23(47,48)27(55,56)29(59,60)31(63,64)33(67,68)75)21(43,44)25(51,52)26(53,54)22(45,46)18(37,38)10-14(72)6-2-4-8-16(74)12-20(41,42)24(49,50)28(57,58)30(61,62)32(65,66)34(69,70)76/h13-16H,1-12H2. The molecule has 4 atom stereocenters. The lowest BCUT2D eigenvalue weighted by Gasteiger charge is -2.42. The van der Waals surface area contributed by atoms with E-state index in [2.05, 4.69) is 0 Å². The fourth-order valence-corrected chi connectivity index (χ4v) is 10.6. The number of unbranched alkanes of at least 4 members (excludes halogenated alkanes) is 2. The van der Waals surface area contributed by atoms with E-state index >= 15 is 0 Å². The van der Waals surface area contributed by atoms with Crippen LogP contribution in [0.15, 0.2) is 0 Å². The Kier molecular flexibility index (Phi) is 25.3. The van der Waals surface area contributed by atoms with Crippen LogP contribution in [-0.4, -0.2) is 118 Å². The van der Waals surface area contributed by atoms with E-state index in [0.717, 1.165) is 45.2 Å². The summed E-state index contributed by atoms with van der Waals surface area (Å²) < 4.78 is 483. The first-order chi connectivity index (χ1) is 32.7. The number of hydrogen-bond donors (Lipinski definition) is 0. The molecular formula is C34H28F36I6. The fraction of sp³-hybridized carbons (Fsp3) is 1.00. The van der Waals surface area contributed by atoms with Crippen molar-refractivity contribution in [3.63, 3.8) is 0 Å². The Morgan fingerprint density at radius 2 is 0.316 bits per heavy atom. The zero-order valence-corrected chi connectivity index (χ0v) is 48.6. The van der Waals surface area contributed by atoms with Crippen molar-refractivity contribution in [1.82, 2.24) is 0 Å². The van der Waals surface area contributed by atoms with Crippen molar-refractivity contribution >= 4 is 136 Å². The summed E-state index contributed by atoms with van der Waals surface area (Å²) in [6.45, 7) is 0. The Hall–Kier alpha value is 1.86. The number of halogens is 42. The maximum atomic E-state index is 14.6. The molecule has 0 amide bonds. The van der Waals surface area contributed by atoms with E-state index in [-0.39, 0.29) is 0 Å². The Morgan fingerprint density at radius 3 is 0.434 bits per heavy atom. The van der Waals surface area contributed by atoms with Gasteiger partial charge in [-0.05, 0) is 25.7 Å². The lowest BCUT2D eigenvalue weighted by Crippen LogP contribution is -2.70. The quantitative estimate of drug-likeness (QED) is 0.0266. The largest absolute Gasteiger partial charge is 0.387 e. The van der Waals surface area contributed by atoms with Gasteiger partial charge in [0.25, 0.3) is 0 Å². The van der Waals surface area contributed by atoms with Crippen LogP contribution in [0.5, 0.6) is 0 Å². The minimum absolute atomic E-state index is 0.686. The molecular weight excluding hydrogens is 1850 g/mol. The van der Waals surface area contributed by atoms with E-state index in [1.165, 1.54) is 0 Å². The molecule has 0 aliphatic heterocycles. The van der Waals surface area contributed by atoms with E-state index in [1.54, 1.807) is 0 Å². The molecule has 0 aromatic heterocycles. The molecule has 0 fully saturated rings. The highest BCUT2D eigenvalue weighted by molar-refractivity contribution is 14.1. The van der Waals surface area contributed by atoms with Crippen molar-refractivity contribution in [3.8, 4) is 0 Å². The molecule has 4 unspecified atom stereocenters. The van der Waals surface area contributed by atoms with Crippen LogP contribution in [-0.2, 0) is 0 Å². The zero-order valence-electron chi connectivity index (χ0n) is 35.7. The average molecular weight is 1880 g/mol. The lowest BCUT2D eigenvalue weighted by atomic mass is 9.88. The summed E-state index contributed by atoms with van der Waals surface area (Å²) in [5.74, 6) is -119. The topological polar surface area (TPSA) is 0 Å². The van der Waals surface area contributed by atoms with Gasteiger partial charge in [-0.25, -0.2) is 0 Å². The first kappa shape index (κ1) is 77.9. The number of hydrogen-bond acceptors (Lipinski definition) is 0. The van der Waals surface area contributed by atoms with Crippen LogP contribution in [0.1, 0.15) is 77.0 Å². The van der Waals surface area contributed by atoms with Crippen LogP contribution in [0.4, 0.5) is 158 Å². The molecule has 0 radical (unpaired) electrons. The van der Waals surface area contributed by atoms with Crippen LogP contribution in [0.3, 0.4) is 0 Å². The van der Waals surface area contributed by atoms with Crippen molar-refractivity contribution in [3.05, 3.63) is 0 Å². The van der Waals surface area contributed by atoms with E-state index in [1.807, 2.05) is 0 Å². The van der Waals surface area contributed by atoms with Crippen molar-refractivity contribution < 1.29 is 158 Å². The molecule has 0 nitrogen and oxygen atoms in total. The molecule has 0 saturated carbocycles. The summed E-state index contributed by atoms with van der Waals surface area (Å²) >= 11 is 1.06. The molecule has 42 heteroatoms. The second-order valence-electron chi connectivity index (χ2n) is 16.5. The van der Waals surface area contributed by atoms with Crippen molar-refractivity contribution in [2.45, 2.75) is 195 Å². The Balaban J connectivity index is 5.83. The van der Waals surface area contributed by atoms with E-state index in [9.17, 15) is 158 Å². The van der Waals surface area contributed by atoms with Crippen molar-refractivity contribution in [2.75, 3.05) is 0 Å². The molecule has 0 aromatic carbocycles. The molecule has 0 aliphatic rings. The van der Waals surface area contributed by atoms with Crippen LogP contribution in [0.2, 0.25) is 0 Å². The molecule has 0 rings (SSSR count). The highest BCUT2D eigenvalue weighted by atomic mass is 127. The Bertz CT molecular complexity index is 1740.